The number of nitriles is 1. The van der Waals surface area contributed by atoms with Gasteiger partial charge in [0.25, 0.3) is 10.1 Å². The van der Waals surface area contributed by atoms with Crippen LogP contribution in [0.1, 0.15) is 103 Å². The fourth-order valence-corrected chi connectivity index (χ4v) is 7.36. The van der Waals surface area contributed by atoms with E-state index in [-0.39, 0.29) is 41.9 Å². The van der Waals surface area contributed by atoms with Crippen molar-refractivity contribution >= 4 is 33.8 Å². The molecule has 3 rings (SSSR count). The lowest BCUT2D eigenvalue weighted by Gasteiger charge is -2.40. The molecule has 2 saturated carbocycles. The molecule has 1 aromatic rings. The zero-order valence-electron chi connectivity index (χ0n) is 27.5. The number of carbonyl (C=O) groups excluding carboxylic acids is 1. The van der Waals surface area contributed by atoms with Crippen molar-refractivity contribution in [2.45, 2.75) is 133 Å². The van der Waals surface area contributed by atoms with Gasteiger partial charge in [0.05, 0.1) is 23.0 Å². The van der Waals surface area contributed by atoms with Crippen molar-refractivity contribution < 1.29 is 46.3 Å². The van der Waals surface area contributed by atoms with Gasteiger partial charge in [-0.1, -0.05) is 20.8 Å². The number of rotatable bonds is 14. The van der Waals surface area contributed by atoms with Crippen LogP contribution in [0.4, 0.5) is 14.6 Å². The van der Waals surface area contributed by atoms with Crippen molar-refractivity contribution in [1.82, 2.24) is 20.0 Å². The Hall–Kier alpha value is -3.56. The molecule has 5 atom stereocenters. The molecule has 48 heavy (non-hydrogen) atoms. The van der Waals surface area contributed by atoms with E-state index < -0.39 is 76.0 Å². The number of alkyl halides is 2. The number of aromatic nitrogens is 2. The van der Waals surface area contributed by atoms with Crippen LogP contribution in [-0.2, 0) is 29.9 Å². The first-order valence-corrected chi connectivity index (χ1v) is 17.5. The van der Waals surface area contributed by atoms with E-state index in [1.807, 2.05) is 11.0 Å². The normalized spacial score (nSPS) is 26.8. The minimum absolute atomic E-state index is 0.0590. The van der Waals surface area contributed by atoms with Crippen LogP contribution in [0.2, 0.25) is 0 Å². The van der Waals surface area contributed by atoms with E-state index in [1.54, 1.807) is 20.8 Å². The molecular weight excluding hydrogens is 656 g/mol. The summed E-state index contributed by atoms with van der Waals surface area (Å²) in [6.45, 7) is 7.41. The summed E-state index contributed by atoms with van der Waals surface area (Å²) < 4.78 is 64.8. The third-order valence-electron chi connectivity index (χ3n) is 8.79. The average molecular weight is 702 g/mol. The van der Waals surface area contributed by atoms with E-state index in [4.69, 9.17) is 10.2 Å². The van der Waals surface area contributed by atoms with Crippen LogP contribution in [0, 0.1) is 11.3 Å². The van der Waals surface area contributed by atoms with E-state index in [1.165, 1.54) is 6.92 Å². The molecule has 2 aliphatic rings. The predicted molar refractivity (Wildman–Crippen MR) is 168 cm³/mol. The Morgan fingerprint density at radius 3 is 2.08 bits per heavy atom. The van der Waals surface area contributed by atoms with Gasteiger partial charge in [0, 0.05) is 31.2 Å². The van der Waals surface area contributed by atoms with Crippen LogP contribution in [-0.4, -0.2) is 105 Å². The fraction of sp³-hybridized carbons (Fsp3) is 0.767. The van der Waals surface area contributed by atoms with Crippen LogP contribution in [0.3, 0.4) is 0 Å². The minimum atomic E-state index is -4.70. The van der Waals surface area contributed by atoms with Gasteiger partial charge in [-0.25, -0.2) is 13.5 Å². The molecule has 18 heteroatoms. The summed E-state index contributed by atoms with van der Waals surface area (Å²) >= 11 is 0. The maximum Gasteiger partial charge on any atom is 0.303 e. The largest absolute Gasteiger partial charge is 0.481 e. The third kappa shape index (κ3) is 10.2. The Kier molecular flexibility index (Phi) is 13.1. The second kappa shape index (κ2) is 16.2. The average Bonchev–Trinajstić information content (AvgIpc) is 3.33. The van der Waals surface area contributed by atoms with E-state index in [9.17, 15) is 32.6 Å². The highest BCUT2D eigenvalue weighted by atomic mass is 32.2. The van der Waals surface area contributed by atoms with Crippen molar-refractivity contribution in [1.29, 1.82) is 5.26 Å². The second-order valence-corrected chi connectivity index (χ2v) is 15.3. The zero-order valence-corrected chi connectivity index (χ0v) is 28.4. The van der Waals surface area contributed by atoms with Crippen molar-refractivity contribution in [2.75, 3.05) is 13.1 Å². The molecule has 1 aromatic heterocycles. The number of aliphatic carboxylic acids is 2. The SMILES string of the molecule is CC(=O)NC1CC(N(CCCC(=O)O)CCCC(=O)O)CCC1N=Nc1c(C#N)c(C(C)(C)C)nn1C1C(F)CC(S(=O)(=O)O)CC1F. The lowest BCUT2D eigenvalue weighted by atomic mass is 9.86. The topological polar surface area (TPSA) is 228 Å². The van der Waals surface area contributed by atoms with Crippen molar-refractivity contribution in [2.24, 2.45) is 10.2 Å². The molecule has 1 amide bonds. The molecule has 0 spiro atoms. The number of nitrogens with zero attached hydrogens (tertiary/aromatic N) is 6. The van der Waals surface area contributed by atoms with Crippen LogP contribution in [0.25, 0.3) is 0 Å². The predicted octanol–water partition coefficient (Wildman–Crippen LogP) is 3.86. The Morgan fingerprint density at radius 2 is 1.62 bits per heavy atom. The highest BCUT2D eigenvalue weighted by Gasteiger charge is 2.46. The molecule has 0 bridgehead atoms. The number of hydrogen-bond acceptors (Lipinski definition) is 10. The highest BCUT2D eigenvalue weighted by molar-refractivity contribution is 7.86. The monoisotopic (exact) mass is 701 g/mol. The number of carboxylic acids is 2. The molecule has 268 valence electrons. The maximum atomic E-state index is 15.5. The van der Waals surface area contributed by atoms with Gasteiger partial charge in [-0.05, 0) is 58.0 Å². The smallest absolute Gasteiger partial charge is 0.303 e. The number of amides is 1. The van der Waals surface area contributed by atoms with Crippen LogP contribution in [0.15, 0.2) is 10.2 Å². The molecule has 5 unspecified atom stereocenters. The Labute approximate surface area is 278 Å². The first-order valence-electron chi connectivity index (χ1n) is 16.0. The molecule has 2 fully saturated rings. The first-order chi connectivity index (χ1) is 22.3. The van der Waals surface area contributed by atoms with Gasteiger partial charge in [0.15, 0.2) is 5.82 Å². The highest BCUT2D eigenvalue weighted by Crippen LogP contribution is 2.41. The number of halogens is 2. The number of nitrogens with one attached hydrogen (secondary N) is 1. The third-order valence-corrected chi connectivity index (χ3v) is 10.0. The standard InChI is InChI=1S/C30H45F2N7O8S/c1-17(40)34-24-13-18(38(11-5-7-25(41)42)12-6-8-26(43)44)9-10-23(24)35-36-29-20(16-33)28(30(2,3)4)37-39(29)27-21(31)14-19(15-22(27)32)48(45,46)47/h18-19,21-24,27H,5-15H2,1-4H3,(H,34,40)(H,41,42)(H,43,44)(H,45,46,47). The fourth-order valence-electron chi connectivity index (χ4n) is 6.50. The van der Waals surface area contributed by atoms with Crippen LogP contribution < -0.4 is 5.32 Å². The molecule has 0 saturated heterocycles. The summed E-state index contributed by atoms with van der Waals surface area (Å²) in [6, 6.07) is -0.956. The lowest BCUT2D eigenvalue weighted by Crippen LogP contribution is -2.51. The zero-order chi connectivity index (χ0) is 36.0. The molecule has 2 aliphatic carbocycles. The van der Waals surface area contributed by atoms with Crippen molar-refractivity contribution in [3.63, 3.8) is 0 Å². The number of hydrogen-bond donors (Lipinski definition) is 4. The molecular formula is C30H45F2N7O8S. The number of carbonyl (C=O) groups is 3. The second-order valence-electron chi connectivity index (χ2n) is 13.6. The van der Waals surface area contributed by atoms with Gasteiger partial charge in [-0.3, -0.25) is 18.9 Å². The summed E-state index contributed by atoms with van der Waals surface area (Å²) in [5.41, 5.74) is -0.614. The Morgan fingerprint density at radius 1 is 1.06 bits per heavy atom. The van der Waals surface area contributed by atoms with Crippen LogP contribution >= 0.6 is 0 Å². The van der Waals surface area contributed by atoms with Gasteiger partial charge in [0.2, 0.25) is 5.91 Å². The minimum Gasteiger partial charge on any atom is -0.481 e. The first kappa shape index (κ1) is 38.9. The Bertz CT molecular complexity index is 1480. The lowest BCUT2D eigenvalue weighted by molar-refractivity contribution is -0.138. The molecule has 0 aromatic carbocycles. The van der Waals surface area contributed by atoms with E-state index in [2.05, 4.69) is 20.6 Å². The number of carboxylic acid groups (broad SMARTS) is 2. The van der Waals surface area contributed by atoms with Gasteiger partial charge in [-0.2, -0.15) is 23.9 Å². The van der Waals surface area contributed by atoms with E-state index in [0.717, 1.165) is 4.68 Å². The van der Waals surface area contributed by atoms with Gasteiger partial charge < -0.3 is 20.4 Å². The molecule has 1 heterocycles. The van der Waals surface area contributed by atoms with Gasteiger partial charge in [-0.15, -0.1) is 5.11 Å². The maximum absolute atomic E-state index is 15.5. The molecule has 15 nitrogen and oxygen atoms in total. The molecule has 0 aliphatic heterocycles. The van der Waals surface area contributed by atoms with Crippen LogP contribution in [0.5, 0.6) is 0 Å². The van der Waals surface area contributed by atoms with Crippen molar-refractivity contribution in [3.8, 4) is 6.07 Å². The molecule has 4 N–H and O–H groups in total. The van der Waals surface area contributed by atoms with Crippen molar-refractivity contribution in [3.05, 3.63) is 11.3 Å². The van der Waals surface area contributed by atoms with Gasteiger partial charge in [0.1, 0.15) is 30.0 Å². The number of azo groups is 1. The summed E-state index contributed by atoms with van der Waals surface area (Å²) in [5.74, 6) is -2.46. The quantitative estimate of drug-likeness (QED) is 0.161. The van der Waals surface area contributed by atoms with E-state index >= 15 is 8.78 Å². The Balaban J connectivity index is 1.96. The van der Waals surface area contributed by atoms with Gasteiger partial charge >= 0.3 is 11.9 Å². The summed E-state index contributed by atoms with van der Waals surface area (Å²) in [4.78, 5) is 36.5. The van der Waals surface area contributed by atoms with E-state index in [0.29, 0.717) is 45.2 Å². The summed E-state index contributed by atoms with van der Waals surface area (Å²) in [5, 5.41) is 42.8. The summed E-state index contributed by atoms with van der Waals surface area (Å²) in [6.07, 6.45) is -3.68. The summed E-state index contributed by atoms with van der Waals surface area (Å²) in [7, 11) is -4.70. The molecule has 0 radical (unpaired) electrons.